The number of carbonyl (C=O) groups is 1. The van der Waals surface area contributed by atoms with E-state index < -0.39 is 0 Å². The summed E-state index contributed by atoms with van der Waals surface area (Å²) in [5, 5.41) is 2.91. The number of rotatable bonds is 9. The van der Waals surface area contributed by atoms with E-state index in [1.54, 1.807) is 31.8 Å². The van der Waals surface area contributed by atoms with Gasteiger partial charge in [-0.25, -0.2) is 9.97 Å². The van der Waals surface area contributed by atoms with E-state index in [2.05, 4.69) is 20.3 Å². The number of nitrogens with one attached hydrogen (secondary N) is 1. The number of hydrogen-bond acceptors (Lipinski definition) is 6. The molecule has 7 heteroatoms. The van der Waals surface area contributed by atoms with Crippen molar-refractivity contribution in [1.29, 1.82) is 0 Å². The van der Waals surface area contributed by atoms with Gasteiger partial charge < -0.3 is 15.0 Å². The van der Waals surface area contributed by atoms with E-state index in [1.165, 1.54) is 5.56 Å². The van der Waals surface area contributed by atoms with E-state index in [9.17, 15) is 4.79 Å². The SMILES string of the molecule is COc1cccc(CCNC(=O)c2ccnc(N(C)CCc3ccncc3)n2)c1. The van der Waals surface area contributed by atoms with Crippen molar-refractivity contribution in [3.8, 4) is 5.75 Å². The minimum atomic E-state index is -0.209. The van der Waals surface area contributed by atoms with Crippen molar-refractivity contribution in [1.82, 2.24) is 20.3 Å². The fourth-order valence-electron chi connectivity index (χ4n) is 2.84. The van der Waals surface area contributed by atoms with Gasteiger partial charge in [-0.1, -0.05) is 12.1 Å². The lowest BCUT2D eigenvalue weighted by atomic mass is 10.1. The Morgan fingerprint density at radius 3 is 2.69 bits per heavy atom. The molecule has 0 aliphatic carbocycles. The summed E-state index contributed by atoms with van der Waals surface area (Å²) in [7, 11) is 3.56. The predicted octanol–water partition coefficient (Wildman–Crippen LogP) is 2.53. The second-order valence-corrected chi connectivity index (χ2v) is 6.63. The zero-order valence-corrected chi connectivity index (χ0v) is 16.7. The number of aromatic nitrogens is 3. The number of benzene rings is 1. The highest BCUT2D eigenvalue weighted by Gasteiger charge is 2.11. The lowest BCUT2D eigenvalue weighted by Gasteiger charge is -2.17. The molecule has 150 valence electrons. The number of ether oxygens (including phenoxy) is 1. The first kappa shape index (κ1) is 20.3. The topological polar surface area (TPSA) is 80.2 Å². The molecule has 0 aliphatic heterocycles. The van der Waals surface area contributed by atoms with Crippen molar-refractivity contribution in [2.24, 2.45) is 0 Å². The van der Waals surface area contributed by atoms with Crippen LogP contribution < -0.4 is 15.0 Å². The van der Waals surface area contributed by atoms with Crippen molar-refractivity contribution in [3.63, 3.8) is 0 Å². The molecule has 0 unspecified atom stereocenters. The lowest BCUT2D eigenvalue weighted by Crippen LogP contribution is -2.28. The molecule has 0 spiro atoms. The van der Waals surface area contributed by atoms with Gasteiger partial charge in [-0.3, -0.25) is 9.78 Å². The fraction of sp³-hybridized carbons (Fsp3) is 0.273. The number of amides is 1. The molecule has 3 rings (SSSR count). The van der Waals surface area contributed by atoms with Crippen LogP contribution in [0.3, 0.4) is 0 Å². The van der Waals surface area contributed by atoms with Crippen LogP contribution in [0.4, 0.5) is 5.95 Å². The average molecular weight is 391 g/mol. The normalized spacial score (nSPS) is 10.4. The first-order valence-electron chi connectivity index (χ1n) is 9.50. The molecule has 29 heavy (non-hydrogen) atoms. The highest BCUT2D eigenvalue weighted by molar-refractivity contribution is 5.92. The first-order chi connectivity index (χ1) is 14.2. The summed E-state index contributed by atoms with van der Waals surface area (Å²) in [4.78, 5) is 27.1. The minimum absolute atomic E-state index is 0.209. The van der Waals surface area contributed by atoms with Crippen molar-refractivity contribution >= 4 is 11.9 Å². The molecule has 3 aromatic rings. The van der Waals surface area contributed by atoms with Crippen LogP contribution in [0.15, 0.2) is 61.1 Å². The summed E-state index contributed by atoms with van der Waals surface area (Å²) in [5.41, 5.74) is 2.65. The lowest BCUT2D eigenvalue weighted by molar-refractivity contribution is 0.0949. The number of hydrogen-bond donors (Lipinski definition) is 1. The van der Waals surface area contributed by atoms with E-state index in [0.717, 1.165) is 24.3 Å². The van der Waals surface area contributed by atoms with E-state index >= 15 is 0 Å². The highest BCUT2D eigenvalue weighted by Crippen LogP contribution is 2.13. The van der Waals surface area contributed by atoms with Crippen molar-refractivity contribution in [2.75, 3.05) is 32.1 Å². The molecule has 0 atom stereocenters. The fourth-order valence-corrected chi connectivity index (χ4v) is 2.84. The molecular weight excluding hydrogens is 366 g/mol. The second-order valence-electron chi connectivity index (χ2n) is 6.63. The molecule has 0 bridgehead atoms. The number of pyridine rings is 1. The van der Waals surface area contributed by atoms with Crippen molar-refractivity contribution < 1.29 is 9.53 Å². The molecule has 2 heterocycles. The molecule has 0 radical (unpaired) electrons. The average Bonchev–Trinajstić information content (AvgIpc) is 2.78. The van der Waals surface area contributed by atoms with E-state index in [1.807, 2.05) is 48.3 Å². The highest BCUT2D eigenvalue weighted by atomic mass is 16.5. The molecule has 7 nitrogen and oxygen atoms in total. The minimum Gasteiger partial charge on any atom is -0.497 e. The summed E-state index contributed by atoms with van der Waals surface area (Å²) < 4.78 is 5.22. The van der Waals surface area contributed by atoms with Crippen LogP contribution in [-0.4, -0.2) is 48.1 Å². The summed E-state index contributed by atoms with van der Waals surface area (Å²) in [5.74, 6) is 1.13. The first-order valence-corrected chi connectivity index (χ1v) is 9.50. The van der Waals surface area contributed by atoms with Crippen LogP contribution in [0.1, 0.15) is 21.6 Å². The Morgan fingerprint density at radius 1 is 1.07 bits per heavy atom. The standard InChI is InChI=1S/C22H25N5O2/c1-27(15-10-17-6-11-23-12-7-17)22-25-14-9-20(26-22)21(28)24-13-8-18-4-3-5-19(16-18)29-2/h3-7,9,11-12,14,16H,8,10,13,15H2,1-2H3,(H,24,28). The quantitative estimate of drug-likeness (QED) is 0.604. The van der Waals surface area contributed by atoms with Gasteiger partial charge >= 0.3 is 0 Å². The van der Waals surface area contributed by atoms with Crippen LogP contribution in [0.5, 0.6) is 5.75 Å². The summed E-state index contributed by atoms with van der Waals surface area (Å²) in [6.45, 7) is 1.26. The van der Waals surface area contributed by atoms with Crippen LogP contribution in [0.2, 0.25) is 0 Å². The third-order valence-electron chi connectivity index (χ3n) is 4.54. The molecule has 2 aromatic heterocycles. The summed E-state index contributed by atoms with van der Waals surface area (Å²) >= 11 is 0. The summed E-state index contributed by atoms with van der Waals surface area (Å²) in [6, 6.07) is 13.4. The van der Waals surface area contributed by atoms with Gasteiger partial charge in [0.2, 0.25) is 5.95 Å². The number of likely N-dealkylation sites (N-methyl/N-ethyl adjacent to an activating group) is 1. The monoisotopic (exact) mass is 391 g/mol. The Balaban J connectivity index is 1.53. The smallest absolute Gasteiger partial charge is 0.270 e. The number of methoxy groups -OCH3 is 1. The molecule has 1 aromatic carbocycles. The van der Waals surface area contributed by atoms with Crippen LogP contribution in [0.25, 0.3) is 0 Å². The number of anilines is 1. The van der Waals surface area contributed by atoms with Gasteiger partial charge in [-0.05, 0) is 54.3 Å². The largest absolute Gasteiger partial charge is 0.497 e. The van der Waals surface area contributed by atoms with E-state index in [4.69, 9.17) is 4.74 Å². The molecule has 1 amide bonds. The van der Waals surface area contributed by atoms with Gasteiger partial charge in [-0.2, -0.15) is 0 Å². The maximum absolute atomic E-state index is 12.5. The molecule has 0 aliphatic rings. The molecule has 0 saturated carbocycles. The Morgan fingerprint density at radius 2 is 1.90 bits per heavy atom. The third-order valence-corrected chi connectivity index (χ3v) is 4.54. The van der Waals surface area contributed by atoms with Gasteiger partial charge in [0, 0.05) is 38.7 Å². The van der Waals surface area contributed by atoms with Gasteiger partial charge in [0.15, 0.2) is 0 Å². The Kier molecular flexibility index (Phi) is 7.10. The van der Waals surface area contributed by atoms with Crippen molar-refractivity contribution in [2.45, 2.75) is 12.8 Å². The maximum Gasteiger partial charge on any atom is 0.270 e. The molecule has 0 fully saturated rings. The third kappa shape index (κ3) is 6.00. The maximum atomic E-state index is 12.5. The summed E-state index contributed by atoms with van der Waals surface area (Å²) in [6.07, 6.45) is 6.74. The van der Waals surface area contributed by atoms with E-state index in [0.29, 0.717) is 24.6 Å². The van der Waals surface area contributed by atoms with Crippen molar-refractivity contribution in [3.05, 3.63) is 77.9 Å². The predicted molar refractivity (Wildman–Crippen MR) is 112 cm³/mol. The number of nitrogens with zero attached hydrogens (tertiary/aromatic N) is 4. The Bertz CT molecular complexity index is 933. The molecule has 0 saturated heterocycles. The second kappa shape index (κ2) is 10.2. The molecule has 1 N–H and O–H groups in total. The van der Waals surface area contributed by atoms with Gasteiger partial charge in [-0.15, -0.1) is 0 Å². The zero-order valence-electron chi connectivity index (χ0n) is 16.7. The Labute approximate surface area is 170 Å². The van der Waals surface area contributed by atoms with Crippen LogP contribution in [-0.2, 0) is 12.8 Å². The van der Waals surface area contributed by atoms with Crippen LogP contribution >= 0.6 is 0 Å². The van der Waals surface area contributed by atoms with E-state index in [-0.39, 0.29) is 5.91 Å². The Hall–Kier alpha value is -3.48. The van der Waals surface area contributed by atoms with Gasteiger partial charge in [0.05, 0.1) is 7.11 Å². The number of carbonyl (C=O) groups excluding carboxylic acids is 1. The zero-order chi connectivity index (χ0) is 20.5. The van der Waals surface area contributed by atoms with Gasteiger partial charge in [0.1, 0.15) is 11.4 Å². The van der Waals surface area contributed by atoms with Gasteiger partial charge in [0.25, 0.3) is 5.91 Å². The molecular formula is C22H25N5O2. The van der Waals surface area contributed by atoms with Crippen LogP contribution in [0, 0.1) is 0 Å².